The van der Waals surface area contributed by atoms with Crippen LogP contribution >= 0.6 is 23.2 Å². The highest BCUT2D eigenvalue weighted by atomic mass is 35.5. The van der Waals surface area contributed by atoms with Crippen molar-refractivity contribution in [1.82, 2.24) is 14.8 Å². The molecule has 1 aromatic carbocycles. The van der Waals surface area contributed by atoms with Crippen LogP contribution in [-0.2, 0) is 6.54 Å². The van der Waals surface area contributed by atoms with Gasteiger partial charge < -0.3 is 10.6 Å². The number of pyridine rings is 1. The summed E-state index contributed by atoms with van der Waals surface area (Å²) in [6, 6.07) is 7.87. The second-order valence-corrected chi connectivity index (χ2v) is 10.2. The number of aromatic nitrogens is 1. The van der Waals surface area contributed by atoms with Gasteiger partial charge >= 0.3 is 0 Å². The van der Waals surface area contributed by atoms with Crippen LogP contribution in [0.25, 0.3) is 0 Å². The second-order valence-electron chi connectivity index (χ2n) is 9.35. The predicted molar refractivity (Wildman–Crippen MR) is 135 cm³/mol. The van der Waals surface area contributed by atoms with Crippen molar-refractivity contribution in [1.29, 1.82) is 0 Å². The Hall–Kier alpha value is -1.44. The van der Waals surface area contributed by atoms with Gasteiger partial charge in [0.15, 0.2) is 0 Å². The van der Waals surface area contributed by atoms with E-state index in [0.717, 1.165) is 68.9 Å². The van der Waals surface area contributed by atoms with E-state index < -0.39 is 0 Å². The Bertz CT molecular complexity index is 948. The van der Waals surface area contributed by atoms with Crippen LogP contribution in [0.15, 0.2) is 30.5 Å². The molecule has 3 heterocycles. The maximum Gasteiger partial charge on any atom is 0.147 e. The van der Waals surface area contributed by atoms with Crippen LogP contribution in [0.4, 0.5) is 10.2 Å². The number of anilines is 1. The molecule has 8 heteroatoms. The lowest BCUT2D eigenvalue weighted by atomic mass is 9.97. The average molecular weight is 494 g/mol. The molecule has 1 aromatic heterocycles. The number of piperidine rings is 1. The van der Waals surface area contributed by atoms with Crippen molar-refractivity contribution in [2.75, 3.05) is 37.6 Å². The van der Waals surface area contributed by atoms with Crippen molar-refractivity contribution in [2.24, 2.45) is 5.73 Å². The molecule has 180 valence electrons. The molecular formula is C25H34Cl2FN5. The van der Waals surface area contributed by atoms with Gasteiger partial charge in [0.1, 0.15) is 11.6 Å². The number of hydrogen-bond donors (Lipinski definition) is 1. The van der Waals surface area contributed by atoms with Gasteiger partial charge in [0.2, 0.25) is 0 Å². The standard InChI is InChI=1S/C25H34Cl2FN5/c1-3-21-16-32(25-23(27)12-19(14-30-25)17(2)29)10-11-33(21)22-6-8-31(9-7-22)15-18-4-5-20(26)13-24(18)28/h4-5,12-14,17,21-22H,3,6-11,15-16,29H2,1-2H3/t17?,21-/m0/s1. The number of hydrogen-bond acceptors (Lipinski definition) is 5. The lowest BCUT2D eigenvalue weighted by Crippen LogP contribution is -2.58. The maximum atomic E-state index is 14.2. The highest BCUT2D eigenvalue weighted by molar-refractivity contribution is 6.33. The van der Waals surface area contributed by atoms with E-state index in [2.05, 4.69) is 26.6 Å². The van der Waals surface area contributed by atoms with Crippen molar-refractivity contribution in [3.63, 3.8) is 0 Å². The quantitative estimate of drug-likeness (QED) is 0.605. The highest BCUT2D eigenvalue weighted by Gasteiger charge is 2.34. The molecule has 2 N–H and O–H groups in total. The van der Waals surface area contributed by atoms with E-state index in [9.17, 15) is 4.39 Å². The smallest absolute Gasteiger partial charge is 0.147 e. The molecule has 2 atom stereocenters. The van der Waals surface area contributed by atoms with Gasteiger partial charge in [0.25, 0.3) is 0 Å². The minimum absolute atomic E-state index is 0.0775. The molecule has 5 nitrogen and oxygen atoms in total. The lowest BCUT2D eigenvalue weighted by molar-refractivity contribution is 0.0607. The van der Waals surface area contributed by atoms with Crippen LogP contribution in [0.2, 0.25) is 10.0 Å². The molecule has 2 aliphatic heterocycles. The van der Waals surface area contributed by atoms with Gasteiger partial charge in [-0.05, 0) is 63.0 Å². The Morgan fingerprint density at radius 3 is 2.55 bits per heavy atom. The fourth-order valence-electron chi connectivity index (χ4n) is 5.13. The van der Waals surface area contributed by atoms with Crippen LogP contribution in [0.3, 0.4) is 0 Å². The van der Waals surface area contributed by atoms with Gasteiger partial charge in [-0.25, -0.2) is 9.37 Å². The molecule has 2 aliphatic rings. The molecule has 0 radical (unpaired) electrons. The summed E-state index contributed by atoms with van der Waals surface area (Å²) in [4.78, 5) is 12.0. The number of nitrogens with two attached hydrogens (primary N) is 1. The van der Waals surface area contributed by atoms with E-state index >= 15 is 0 Å². The Morgan fingerprint density at radius 1 is 1.15 bits per heavy atom. The Kier molecular flexibility index (Phi) is 8.13. The zero-order valence-electron chi connectivity index (χ0n) is 19.5. The summed E-state index contributed by atoms with van der Waals surface area (Å²) < 4.78 is 14.2. The molecule has 0 bridgehead atoms. The highest BCUT2D eigenvalue weighted by Crippen LogP contribution is 2.30. The first-order chi connectivity index (χ1) is 15.9. The van der Waals surface area contributed by atoms with E-state index in [-0.39, 0.29) is 11.9 Å². The molecule has 0 aliphatic carbocycles. The lowest BCUT2D eigenvalue weighted by Gasteiger charge is -2.47. The topological polar surface area (TPSA) is 48.6 Å². The van der Waals surface area contributed by atoms with Crippen molar-refractivity contribution in [2.45, 2.75) is 57.8 Å². The van der Waals surface area contributed by atoms with Crippen molar-refractivity contribution in [3.05, 3.63) is 57.5 Å². The molecular weight excluding hydrogens is 460 g/mol. The number of benzene rings is 1. The molecule has 1 unspecified atom stereocenters. The normalized spacial score (nSPS) is 22.0. The van der Waals surface area contributed by atoms with E-state index in [1.807, 2.05) is 19.2 Å². The first kappa shape index (κ1) is 24.7. The predicted octanol–water partition coefficient (Wildman–Crippen LogP) is 5.11. The van der Waals surface area contributed by atoms with Crippen LogP contribution in [0, 0.1) is 5.82 Å². The number of likely N-dealkylation sites (tertiary alicyclic amines) is 1. The van der Waals surface area contributed by atoms with Crippen molar-refractivity contribution >= 4 is 29.0 Å². The third-order valence-corrected chi connectivity index (χ3v) is 7.62. The summed E-state index contributed by atoms with van der Waals surface area (Å²) in [6.45, 7) is 9.65. The number of rotatable bonds is 6. The van der Waals surface area contributed by atoms with Gasteiger partial charge in [0.05, 0.1) is 5.02 Å². The van der Waals surface area contributed by atoms with Crippen LogP contribution in [0.5, 0.6) is 0 Å². The van der Waals surface area contributed by atoms with E-state index in [1.54, 1.807) is 12.1 Å². The van der Waals surface area contributed by atoms with E-state index in [0.29, 0.717) is 28.7 Å². The molecule has 0 spiro atoms. The van der Waals surface area contributed by atoms with Crippen molar-refractivity contribution < 1.29 is 4.39 Å². The van der Waals surface area contributed by atoms with Crippen LogP contribution in [0.1, 0.15) is 50.3 Å². The zero-order valence-corrected chi connectivity index (χ0v) is 21.0. The summed E-state index contributed by atoms with van der Waals surface area (Å²) in [7, 11) is 0. The summed E-state index contributed by atoms with van der Waals surface area (Å²) in [6.07, 6.45) is 5.14. The molecule has 2 saturated heterocycles. The van der Waals surface area contributed by atoms with Crippen LogP contribution < -0.4 is 10.6 Å². The third kappa shape index (κ3) is 5.80. The first-order valence-corrected chi connectivity index (χ1v) is 12.7. The number of piperazine rings is 1. The molecule has 2 aromatic rings. The van der Waals surface area contributed by atoms with Gasteiger partial charge in [-0.3, -0.25) is 9.80 Å². The summed E-state index contributed by atoms with van der Waals surface area (Å²) in [5, 5.41) is 1.12. The fourth-order valence-corrected chi connectivity index (χ4v) is 5.59. The minimum atomic E-state index is -0.215. The molecule has 4 rings (SSSR count). The molecule has 33 heavy (non-hydrogen) atoms. The fraction of sp³-hybridized carbons (Fsp3) is 0.560. The molecule has 0 saturated carbocycles. The summed E-state index contributed by atoms with van der Waals surface area (Å²) >= 11 is 12.5. The zero-order chi connectivity index (χ0) is 23.5. The minimum Gasteiger partial charge on any atom is -0.353 e. The Balaban J connectivity index is 1.34. The summed E-state index contributed by atoms with van der Waals surface area (Å²) in [5.41, 5.74) is 7.65. The monoisotopic (exact) mass is 493 g/mol. The van der Waals surface area contributed by atoms with Gasteiger partial charge in [-0.15, -0.1) is 0 Å². The summed E-state index contributed by atoms with van der Waals surface area (Å²) in [5.74, 6) is 0.645. The first-order valence-electron chi connectivity index (χ1n) is 11.9. The SMILES string of the molecule is CC[C@H]1CN(c2ncc(C(C)N)cc2Cl)CCN1C1CCN(Cc2ccc(Cl)cc2F)CC1. The number of nitrogens with zero attached hydrogens (tertiary/aromatic N) is 4. The largest absolute Gasteiger partial charge is 0.353 e. The van der Waals surface area contributed by atoms with Gasteiger partial charge in [-0.1, -0.05) is 36.2 Å². The third-order valence-electron chi connectivity index (χ3n) is 7.10. The van der Waals surface area contributed by atoms with Gasteiger partial charge in [-0.2, -0.15) is 0 Å². The Morgan fingerprint density at radius 2 is 1.91 bits per heavy atom. The Labute approximate surface area is 206 Å². The maximum absolute atomic E-state index is 14.2. The van der Waals surface area contributed by atoms with Gasteiger partial charge in [0, 0.05) is 61.1 Å². The molecule has 0 amide bonds. The van der Waals surface area contributed by atoms with E-state index in [4.69, 9.17) is 28.9 Å². The average Bonchev–Trinajstić information content (AvgIpc) is 2.81. The van der Waals surface area contributed by atoms with Crippen molar-refractivity contribution in [3.8, 4) is 0 Å². The van der Waals surface area contributed by atoms with Crippen LogP contribution in [-0.4, -0.2) is 59.6 Å². The number of halogens is 3. The second kappa shape index (κ2) is 10.9. The van der Waals surface area contributed by atoms with E-state index in [1.165, 1.54) is 6.07 Å². The molecule has 2 fully saturated rings.